The standard InChI is InChI=1S/C21H18ClN3O2/c1-27-12-16-18(11-24-26)23-10-19-21(16)20-14(3-2-4-17(20)25-19)9-13-5-7-15(22)8-6-13/h2-8,10-11,25-26H,9,12H2,1H3. The summed E-state index contributed by atoms with van der Waals surface area (Å²) in [6.45, 7) is 0.369. The smallest absolute Gasteiger partial charge is 0.0922 e. The molecule has 0 atom stereocenters. The summed E-state index contributed by atoms with van der Waals surface area (Å²) in [7, 11) is 1.64. The number of aromatic amines is 1. The van der Waals surface area contributed by atoms with Gasteiger partial charge in [0.15, 0.2) is 0 Å². The van der Waals surface area contributed by atoms with Crippen LogP contribution in [0, 0.1) is 0 Å². The molecular formula is C21H18ClN3O2. The van der Waals surface area contributed by atoms with Crippen LogP contribution in [0.25, 0.3) is 21.8 Å². The van der Waals surface area contributed by atoms with Crippen LogP contribution in [0.5, 0.6) is 0 Å². The number of fused-ring (bicyclic) bond motifs is 3. The summed E-state index contributed by atoms with van der Waals surface area (Å²) < 4.78 is 5.40. The second-order valence-corrected chi connectivity index (χ2v) is 6.79. The van der Waals surface area contributed by atoms with E-state index >= 15 is 0 Å². The molecule has 0 spiro atoms. The summed E-state index contributed by atoms with van der Waals surface area (Å²) in [5.41, 5.74) is 5.82. The van der Waals surface area contributed by atoms with Gasteiger partial charge in [-0.3, -0.25) is 4.98 Å². The number of methoxy groups -OCH3 is 1. The lowest BCUT2D eigenvalue weighted by Gasteiger charge is -2.09. The Balaban J connectivity index is 1.97. The van der Waals surface area contributed by atoms with E-state index in [4.69, 9.17) is 21.5 Å². The Labute approximate surface area is 161 Å². The Kier molecular flexibility index (Phi) is 4.79. The van der Waals surface area contributed by atoms with E-state index in [0.717, 1.165) is 38.8 Å². The van der Waals surface area contributed by atoms with Crippen molar-refractivity contribution in [3.05, 3.63) is 76.1 Å². The number of H-pyrrole nitrogens is 1. The molecule has 2 heterocycles. The highest BCUT2D eigenvalue weighted by Gasteiger charge is 2.16. The fraction of sp³-hybridized carbons (Fsp3) is 0.143. The first kappa shape index (κ1) is 17.5. The summed E-state index contributed by atoms with van der Waals surface area (Å²) in [5, 5.41) is 15.0. The van der Waals surface area contributed by atoms with E-state index in [9.17, 15) is 0 Å². The predicted octanol–water partition coefficient (Wildman–Crippen LogP) is 4.91. The van der Waals surface area contributed by atoms with Gasteiger partial charge in [0, 0.05) is 34.0 Å². The van der Waals surface area contributed by atoms with Crippen LogP contribution >= 0.6 is 11.6 Å². The number of halogens is 1. The maximum absolute atomic E-state index is 8.99. The molecule has 0 saturated carbocycles. The van der Waals surface area contributed by atoms with E-state index in [1.165, 1.54) is 17.3 Å². The summed E-state index contributed by atoms with van der Waals surface area (Å²) >= 11 is 6.01. The second-order valence-electron chi connectivity index (χ2n) is 6.36. The molecule has 0 bridgehead atoms. The van der Waals surface area contributed by atoms with Crippen molar-refractivity contribution in [2.24, 2.45) is 5.16 Å². The van der Waals surface area contributed by atoms with E-state index in [2.05, 4.69) is 27.3 Å². The van der Waals surface area contributed by atoms with Gasteiger partial charge >= 0.3 is 0 Å². The van der Waals surface area contributed by atoms with Gasteiger partial charge in [-0.1, -0.05) is 41.0 Å². The molecule has 6 heteroatoms. The molecule has 4 aromatic rings. The highest BCUT2D eigenvalue weighted by Crippen LogP contribution is 2.33. The number of aromatic nitrogens is 2. The number of hydrogen-bond donors (Lipinski definition) is 2. The SMILES string of the molecule is COCc1c(C=NO)ncc2[nH]c3cccc(Cc4ccc(Cl)cc4)c3c12. The third kappa shape index (κ3) is 3.27. The molecule has 0 aliphatic heterocycles. The number of rotatable bonds is 5. The Bertz CT molecular complexity index is 1130. The van der Waals surface area contributed by atoms with Crippen LogP contribution in [-0.2, 0) is 17.8 Å². The molecule has 136 valence electrons. The lowest BCUT2D eigenvalue weighted by atomic mass is 9.97. The highest BCUT2D eigenvalue weighted by atomic mass is 35.5. The third-order valence-corrected chi connectivity index (χ3v) is 4.91. The van der Waals surface area contributed by atoms with E-state index < -0.39 is 0 Å². The Morgan fingerprint density at radius 1 is 1.15 bits per heavy atom. The molecule has 27 heavy (non-hydrogen) atoms. The van der Waals surface area contributed by atoms with Crippen molar-refractivity contribution in [3.63, 3.8) is 0 Å². The largest absolute Gasteiger partial charge is 0.411 e. The maximum Gasteiger partial charge on any atom is 0.0922 e. The fourth-order valence-electron chi connectivity index (χ4n) is 3.52. The number of benzene rings is 2. The van der Waals surface area contributed by atoms with Crippen LogP contribution in [0.3, 0.4) is 0 Å². The van der Waals surface area contributed by atoms with Gasteiger partial charge in [-0.2, -0.15) is 0 Å². The van der Waals surface area contributed by atoms with Gasteiger partial charge in [-0.05, 0) is 35.7 Å². The number of oxime groups is 1. The number of ether oxygens (including phenoxy) is 1. The highest BCUT2D eigenvalue weighted by molar-refractivity contribution is 6.30. The number of nitrogens with zero attached hydrogens (tertiary/aromatic N) is 2. The third-order valence-electron chi connectivity index (χ3n) is 4.66. The first-order valence-electron chi connectivity index (χ1n) is 8.53. The average molecular weight is 380 g/mol. The van der Waals surface area contributed by atoms with Crippen LogP contribution in [0.4, 0.5) is 0 Å². The fourth-order valence-corrected chi connectivity index (χ4v) is 3.64. The summed E-state index contributed by atoms with van der Waals surface area (Å²) in [6.07, 6.45) is 3.88. The molecule has 4 rings (SSSR count). The van der Waals surface area contributed by atoms with Crippen molar-refractivity contribution in [2.45, 2.75) is 13.0 Å². The van der Waals surface area contributed by atoms with Crippen LogP contribution in [0.15, 0.2) is 53.8 Å². The van der Waals surface area contributed by atoms with Crippen LogP contribution in [0.2, 0.25) is 5.02 Å². The van der Waals surface area contributed by atoms with Crippen molar-refractivity contribution in [3.8, 4) is 0 Å². The number of nitrogens with one attached hydrogen (secondary N) is 1. The summed E-state index contributed by atoms with van der Waals surface area (Å²) in [6, 6.07) is 14.1. The molecule has 0 amide bonds. The first-order chi connectivity index (χ1) is 13.2. The minimum atomic E-state index is 0.369. The molecule has 0 saturated heterocycles. The minimum Gasteiger partial charge on any atom is -0.411 e. The van der Waals surface area contributed by atoms with Crippen LogP contribution in [0.1, 0.15) is 22.4 Å². The molecule has 0 fully saturated rings. The molecule has 0 aliphatic carbocycles. The van der Waals surface area contributed by atoms with Crippen molar-refractivity contribution in [2.75, 3.05) is 7.11 Å². The number of pyridine rings is 1. The summed E-state index contributed by atoms with van der Waals surface area (Å²) in [5.74, 6) is 0. The maximum atomic E-state index is 8.99. The molecule has 0 aliphatic rings. The van der Waals surface area contributed by atoms with E-state index in [1.807, 2.05) is 30.3 Å². The lowest BCUT2D eigenvalue weighted by Crippen LogP contribution is -2.00. The average Bonchev–Trinajstić information content (AvgIpc) is 3.05. The molecule has 2 aromatic heterocycles. The molecule has 0 radical (unpaired) electrons. The zero-order valence-corrected chi connectivity index (χ0v) is 15.5. The Hall–Kier alpha value is -2.89. The monoisotopic (exact) mass is 379 g/mol. The van der Waals surface area contributed by atoms with Crippen molar-refractivity contribution in [1.82, 2.24) is 9.97 Å². The van der Waals surface area contributed by atoms with Crippen molar-refractivity contribution in [1.29, 1.82) is 0 Å². The van der Waals surface area contributed by atoms with Crippen molar-refractivity contribution >= 4 is 39.6 Å². The predicted molar refractivity (Wildman–Crippen MR) is 108 cm³/mol. The topological polar surface area (TPSA) is 70.5 Å². The molecule has 5 nitrogen and oxygen atoms in total. The van der Waals surface area contributed by atoms with E-state index in [0.29, 0.717) is 12.3 Å². The molecular weight excluding hydrogens is 362 g/mol. The molecule has 2 aromatic carbocycles. The minimum absolute atomic E-state index is 0.369. The van der Waals surface area contributed by atoms with Gasteiger partial charge in [0.25, 0.3) is 0 Å². The summed E-state index contributed by atoms with van der Waals surface area (Å²) in [4.78, 5) is 7.83. The van der Waals surface area contributed by atoms with Gasteiger partial charge in [0.1, 0.15) is 0 Å². The second kappa shape index (κ2) is 7.39. The zero-order chi connectivity index (χ0) is 18.8. The molecule has 0 unspecified atom stereocenters. The van der Waals surface area contributed by atoms with Gasteiger partial charge < -0.3 is 14.9 Å². The van der Waals surface area contributed by atoms with Gasteiger partial charge in [0.2, 0.25) is 0 Å². The van der Waals surface area contributed by atoms with Crippen LogP contribution in [-0.4, -0.2) is 28.5 Å². The zero-order valence-electron chi connectivity index (χ0n) is 14.7. The normalized spacial score (nSPS) is 11.8. The first-order valence-corrected chi connectivity index (χ1v) is 8.91. The van der Waals surface area contributed by atoms with Crippen LogP contribution < -0.4 is 0 Å². The van der Waals surface area contributed by atoms with Gasteiger partial charge in [0.05, 0.1) is 30.2 Å². The molecule has 2 N–H and O–H groups in total. The van der Waals surface area contributed by atoms with E-state index in [1.54, 1.807) is 13.3 Å². The van der Waals surface area contributed by atoms with E-state index in [-0.39, 0.29) is 0 Å². The number of hydrogen-bond acceptors (Lipinski definition) is 4. The Morgan fingerprint density at radius 2 is 1.96 bits per heavy atom. The van der Waals surface area contributed by atoms with Gasteiger partial charge in [-0.15, -0.1) is 0 Å². The van der Waals surface area contributed by atoms with Gasteiger partial charge in [-0.25, -0.2) is 0 Å². The van der Waals surface area contributed by atoms with Crippen molar-refractivity contribution < 1.29 is 9.94 Å². The lowest BCUT2D eigenvalue weighted by molar-refractivity contribution is 0.185. The quantitative estimate of drug-likeness (QED) is 0.294. The Morgan fingerprint density at radius 3 is 2.70 bits per heavy atom.